The molecule has 0 aromatic heterocycles. The van der Waals surface area contributed by atoms with Crippen LogP contribution in [0.1, 0.15) is 37.8 Å². The molecule has 0 saturated carbocycles. The first-order valence-corrected chi connectivity index (χ1v) is 9.76. The maximum absolute atomic E-state index is 12.9. The number of hydrogen-bond donors (Lipinski definition) is 1. The van der Waals surface area contributed by atoms with Gasteiger partial charge in [-0.25, -0.2) is 0 Å². The van der Waals surface area contributed by atoms with E-state index in [0.717, 1.165) is 18.4 Å². The number of carbonyl (C=O) groups excluding carboxylic acids is 2. The predicted octanol–water partition coefficient (Wildman–Crippen LogP) is 3.61. The lowest BCUT2D eigenvalue weighted by Gasteiger charge is -2.29. The van der Waals surface area contributed by atoms with Crippen molar-refractivity contribution in [1.82, 2.24) is 10.2 Å². The number of carbonyl (C=O) groups is 2. The van der Waals surface area contributed by atoms with Crippen LogP contribution in [0.15, 0.2) is 60.7 Å². The summed E-state index contributed by atoms with van der Waals surface area (Å²) in [5.74, 6) is -0.0631. The van der Waals surface area contributed by atoms with Gasteiger partial charge in [-0.15, -0.1) is 0 Å². The number of rotatable bonds is 10. The van der Waals surface area contributed by atoms with E-state index in [4.69, 9.17) is 0 Å². The van der Waals surface area contributed by atoms with Crippen molar-refractivity contribution < 1.29 is 9.59 Å². The molecule has 1 N–H and O–H groups in total. The molecule has 0 radical (unpaired) electrons. The molecule has 0 saturated heterocycles. The zero-order chi connectivity index (χ0) is 19.5. The molecule has 2 aromatic rings. The lowest BCUT2D eigenvalue weighted by molar-refractivity contribution is -0.139. The van der Waals surface area contributed by atoms with Gasteiger partial charge in [-0.05, 0) is 37.3 Å². The lowest BCUT2D eigenvalue weighted by Crippen LogP contribution is -2.49. The van der Waals surface area contributed by atoms with Crippen molar-refractivity contribution in [3.63, 3.8) is 0 Å². The van der Waals surface area contributed by atoms with Gasteiger partial charge in [-0.3, -0.25) is 9.59 Å². The molecule has 4 heteroatoms. The summed E-state index contributed by atoms with van der Waals surface area (Å²) in [5, 5.41) is 2.91. The molecule has 27 heavy (non-hydrogen) atoms. The highest BCUT2D eigenvalue weighted by Crippen LogP contribution is 2.10. The first kappa shape index (κ1) is 20.7. The van der Waals surface area contributed by atoms with Gasteiger partial charge in [0.2, 0.25) is 11.8 Å². The van der Waals surface area contributed by atoms with Gasteiger partial charge in [0.05, 0.1) is 0 Å². The van der Waals surface area contributed by atoms with Crippen LogP contribution in [0.2, 0.25) is 0 Å². The summed E-state index contributed by atoms with van der Waals surface area (Å²) in [6.07, 6.45) is 2.71. The van der Waals surface area contributed by atoms with E-state index < -0.39 is 6.04 Å². The summed E-state index contributed by atoms with van der Waals surface area (Å²) < 4.78 is 0. The van der Waals surface area contributed by atoms with Crippen molar-refractivity contribution in [2.24, 2.45) is 0 Å². The Morgan fingerprint density at radius 2 is 1.48 bits per heavy atom. The molecule has 4 nitrogen and oxygen atoms in total. The van der Waals surface area contributed by atoms with Gasteiger partial charge in [0, 0.05) is 19.5 Å². The number of nitrogens with zero attached hydrogens (tertiary/aromatic N) is 1. The Labute approximate surface area is 162 Å². The second-order valence-electron chi connectivity index (χ2n) is 6.78. The molecular weight excluding hydrogens is 336 g/mol. The van der Waals surface area contributed by atoms with Crippen LogP contribution in [0.25, 0.3) is 0 Å². The maximum atomic E-state index is 12.9. The van der Waals surface area contributed by atoms with Gasteiger partial charge in [-0.1, -0.05) is 67.6 Å². The largest absolute Gasteiger partial charge is 0.354 e. The molecule has 0 fully saturated rings. The highest BCUT2D eigenvalue weighted by atomic mass is 16.2. The Bertz CT molecular complexity index is 701. The van der Waals surface area contributed by atoms with Crippen LogP contribution in [0.4, 0.5) is 0 Å². The number of aryl methyl sites for hydroxylation is 1. The Morgan fingerprint density at radius 1 is 0.926 bits per heavy atom. The number of hydrogen-bond acceptors (Lipinski definition) is 2. The van der Waals surface area contributed by atoms with E-state index in [2.05, 4.69) is 17.4 Å². The average molecular weight is 367 g/mol. The third-order valence-corrected chi connectivity index (χ3v) is 4.67. The molecule has 144 valence electrons. The topological polar surface area (TPSA) is 49.4 Å². The summed E-state index contributed by atoms with van der Waals surface area (Å²) >= 11 is 0. The van der Waals surface area contributed by atoms with Gasteiger partial charge in [0.25, 0.3) is 0 Å². The van der Waals surface area contributed by atoms with E-state index in [1.807, 2.05) is 62.4 Å². The minimum atomic E-state index is -0.469. The fraction of sp³-hybridized carbons (Fsp3) is 0.391. The molecule has 2 aromatic carbocycles. The number of amides is 2. The van der Waals surface area contributed by atoms with Gasteiger partial charge in [0.15, 0.2) is 0 Å². The predicted molar refractivity (Wildman–Crippen MR) is 109 cm³/mol. The molecule has 1 atom stereocenters. The van der Waals surface area contributed by atoms with E-state index in [1.54, 1.807) is 4.90 Å². The van der Waals surface area contributed by atoms with Crippen LogP contribution in [-0.4, -0.2) is 35.8 Å². The summed E-state index contributed by atoms with van der Waals surface area (Å²) in [6.45, 7) is 5.01. The van der Waals surface area contributed by atoms with Crippen LogP contribution >= 0.6 is 0 Å². The number of benzene rings is 2. The summed E-state index contributed by atoms with van der Waals surface area (Å²) in [7, 11) is 0. The second-order valence-corrected chi connectivity index (χ2v) is 6.78. The minimum Gasteiger partial charge on any atom is -0.354 e. The molecule has 2 amide bonds. The van der Waals surface area contributed by atoms with E-state index in [-0.39, 0.29) is 11.8 Å². The Morgan fingerprint density at radius 3 is 2.04 bits per heavy atom. The molecule has 0 spiro atoms. The van der Waals surface area contributed by atoms with Gasteiger partial charge in [0.1, 0.15) is 6.04 Å². The van der Waals surface area contributed by atoms with E-state index >= 15 is 0 Å². The van der Waals surface area contributed by atoms with Crippen molar-refractivity contribution in [2.45, 2.75) is 45.6 Å². The van der Waals surface area contributed by atoms with Crippen molar-refractivity contribution in [2.75, 3.05) is 13.1 Å². The summed E-state index contributed by atoms with van der Waals surface area (Å²) in [6, 6.07) is 19.6. The second kappa shape index (κ2) is 11.2. The molecule has 2 rings (SSSR count). The third kappa shape index (κ3) is 6.89. The highest BCUT2D eigenvalue weighted by Gasteiger charge is 2.25. The van der Waals surface area contributed by atoms with Crippen LogP contribution in [0, 0.1) is 0 Å². The fourth-order valence-corrected chi connectivity index (χ4v) is 3.01. The monoisotopic (exact) mass is 366 g/mol. The molecule has 0 aliphatic heterocycles. The van der Waals surface area contributed by atoms with Gasteiger partial charge < -0.3 is 10.2 Å². The molecule has 0 heterocycles. The van der Waals surface area contributed by atoms with Crippen molar-refractivity contribution in [3.8, 4) is 0 Å². The number of nitrogens with one attached hydrogen (secondary N) is 1. The zero-order valence-electron chi connectivity index (χ0n) is 16.4. The zero-order valence-corrected chi connectivity index (χ0v) is 16.4. The highest BCUT2D eigenvalue weighted by molar-refractivity contribution is 5.87. The lowest BCUT2D eigenvalue weighted by atomic mass is 10.1. The fourth-order valence-electron chi connectivity index (χ4n) is 3.01. The van der Waals surface area contributed by atoms with Gasteiger partial charge >= 0.3 is 0 Å². The quantitative estimate of drug-likeness (QED) is 0.698. The molecule has 0 aliphatic rings. The average Bonchev–Trinajstić information content (AvgIpc) is 2.72. The van der Waals surface area contributed by atoms with E-state index in [0.29, 0.717) is 25.9 Å². The van der Waals surface area contributed by atoms with Crippen molar-refractivity contribution in [3.05, 3.63) is 71.8 Å². The summed E-state index contributed by atoms with van der Waals surface area (Å²) in [4.78, 5) is 27.1. The Balaban J connectivity index is 2.02. The first-order chi connectivity index (χ1) is 13.1. The van der Waals surface area contributed by atoms with Crippen molar-refractivity contribution in [1.29, 1.82) is 0 Å². The first-order valence-electron chi connectivity index (χ1n) is 9.76. The molecule has 0 aliphatic carbocycles. The molecular formula is C23H30N2O2. The van der Waals surface area contributed by atoms with E-state index in [1.165, 1.54) is 5.56 Å². The normalized spacial score (nSPS) is 11.6. The van der Waals surface area contributed by atoms with Crippen LogP contribution in [-0.2, 0) is 22.4 Å². The SMILES string of the molecule is CCCNC(=O)[C@H](C)N(CCc1ccccc1)C(=O)CCc1ccccc1. The Hall–Kier alpha value is -2.62. The maximum Gasteiger partial charge on any atom is 0.242 e. The molecule has 0 bridgehead atoms. The minimum absolute atomic E-state index is 0.0222. The third-order valence-electron chi connectivity index (χ3n) is 4.67. The summed E-state index contributed by atoms with van der Waals surface area (Å²) in [5.41, 5.74) is 2.30. The van der Waals surface area contributed by atoms with Gasteiger partial charge in [-0.2, -0.15) is 0 Å². The Kier molecular flexibility index (Phi) is 8.56. The molecule has 0 unspecified atom stereocenters. The van der Waals surface area contributed by atoms with E-state index in [9.17, 15) is 9.59 Å². The smallest absolute Gasteiger partial charge is 0.242 e. The van der Waals surface area contributed by atoms with Crippen molar-refractivity contribution >= 4 is 11.8 Å². The van der Waals surface area contributed by atoms with Crippen LogP contribution in [0.3, 0.4) is 0 Å². The standard InChI is InChI=1S/C23H30N2O2/c1-3-17-24-23(27)19(2)25(18-16-21-12-8-5-9-13-21)22(26)15-14-20-10-6-4-7-11-20/h4-13,19H,3,14-18H2,1-2H3,(H,24,27)/t19-/m0/s1. The van der Waals surface area contributed by atoms with Crippen LogP contribution in [0.5, 0.6) is 0 Å². The van der Waals surface area contributed by atoms with Crippen LogP contribution < -0.4 is 5.32 Å².